The Labute approximate surface area is 123 Å². The molecule has 4 unspecified atom stereocenters. The lowest BCUT2D eigenvalue weighted by Crippen LogP contribution is -2.42. The first-order valence-electron chi connectivity index (χ1n) is 8.10. The molecule has 1 saturated carbocycles. The van der Waals surface area contributed by atoms with Gasteiger partial charge in [0.15, 0.2) is 0 Å². The van der Waals surface area contributed by atoms with Gasteiger partial charge in [-0.1, -0.05) is 50.1 Å². The number of likely N-dealkylation sites (N-methyl/N-ethyl adjacent to an activating group) is 1. The highest BCUT2D eigenvalue weighted by molar-refractivity contribution is 5.19. The fourth-order valence-corrected chi connectivity index (χ4v) is 3.67. The van der Waals surface area contributed by atoms with Crippen molar-refractivity contribution in [3.8, 4) is 0 Å². The van der Waals surface area contributed by atoms with Crippen LogP contribution in [-0.4, -0.2) is 19.7 Å². The molecule has 4 atom stereocenters. The van der Waals surface area contributed by atoms with Gasteiger partial charge in [0.25, 0.3) is 0 Å². The van der Waals surface area contributed by atoms with Gasteiger partial charge in [-0.15, -0.1) is 0 Å². The van der Waals surface area contributed by atoms with Crippen LogP contribution in [0.3, 0.4) is 0 Å². The molecule has 0 heterocycles. The Morgan fingerprint density at radius 1 is 1.25 bits per heavy atom. The van der Waals surface area contributed by atoms with E-state index in [9.17, 15) is 0 Å². The van der Waals surface area contributed by atoms with E-state index in [1.165, 1.54) is 31.2 Å². The lowest BCUT2D eigenvalue weighted by Gasteiger charge is -2.37. The van der Waals surface area contributed by atoms with Crippen LogP contribution >= 0.6 is 0 Å². The monoisotopic (exact) mass is 275 g/mol. The van der Waals surface area contributed by atoms with Gasteiger partial charge in [0, 0.05) is 12.6 Å². The standard InChI is InChI=1S/C18H29NO/c1-4-20-18(15-10-6-5-7-11-15)17(19-3)16-12-8-9-14(2)13-16/h5-7,10-11,14,16-19H,4,8-9,12-13H2,1-3H3. The molecule has 0 saturated heterocycles. The van der Waals surface area contributed by atoms with Gasteiger partial charge in [-0.05, 0) is 44.2 Å². The molecule has 0 aliphatic heterocycles. The smallest absolute Gasteiger partial charge is 0.0980 e. The van der Waals surface area contributed by atoms with Crippen molar-refractivity contribution in [2.24, 2.45) is 11.8 Å². The fourth-order valence-electron chi connectivity index (χ4n) is 3.67. The molecular formula is C18H29NO. The number of hydrogen-bond acceptors (Lipinski definition) is 2. The average Bonchev–Trinajstić information content (AvgIpc) is 2.48. The summed E-state index contributed by atoms with van der Waals surface area (Å²) in [6.07, 6.45) is 5.56. The zero-order chi connectivity index (χ0) is 14.4. The molecular weight excluding hydrogens is 246 g/mol. The molecule has 2 rings (SSSR count). The fraction of sp³-hybridized carbons (Fsp3) is 0.667. The predicted molar refractivity (Wildman–Crippen MR) is 84.8 cm³/mol. The highest BCUT2D eigenvalue weighted by atomic mass is 16.5. The lowest BCUT2D eigenvalue weighted by molar-refractivity contribution is 0.00887. The minimum Gasteiger partial charge on any atom is -0.372 e. The second kappa shape index (κ2) is 7.80. The highest BCUT2D eigenvalue weighted by Gasteiger charge is 2.32. The molecule has 20 heavy (non-hydrogen) atoms. The van der Waals surface area contributed by atoms with Gasteiger partial charge >= 0.3 is 0 Å². The van der Waals surface area contributed by atoms with Gasteiger partial charge < -0.3 is 10.1 Å². The van der Waals surface area contributed by atoms with Crippen LogP contribution < -0.4 is 5.32 Å². The number of rotatable bonds is 6. The van der Waals surface area contributed by atoms with Crippen LogP contribution in [0.1, 0.15) is 51.2 Å². The molecule has 0 spiro atoms. The molecule has 1 aromatic rings. The van der Waals surface area contributed by atoms with Crippen LogP contribution in [0, 0.1) is 11.8 Å². The van der Waals surface area contributed by atoms with Crippen molar-refractivity contribution in [2.45, 2.75) is 51.7 Å². The Kier molecular flexibility index (Phi) is 6.06. The lowest BCUT2D eigenvalue weighted by atomic mass is 9.76. The number of benzene rings is 1. The van der Waals surface area contributed by atoms with E-state index in [0.29, 0.717) is 6.04 Å². The van der Waals surface area contributed by atoms with E-state index in [0.717, 1.165) is 18.4 Å². The third-order valence-electron chi connectivity index (χ3n) is 4.62. The summed E-state index contributed by atoms with van der Waals surface area (Å²) in [7, 11) is 2.08. The summed E-state index contributed by atoms with van der Waals surface area (Å²) in [5.74, 6) is 1.57. The number of ether oxygens (including phenoxy) is 1. The average molecular weight is 275 g/mol. The zero-order valence-corrected chi connectivity index (χ0v) is 13.1. The maximum absolute atomic E-state index is 6.11. The first-order chi connectivity index (χ1) is 9.76. The quantitative estimate of drug-likeness (QED) is 0.841. The van der Waals surface area contributed by atoms with Crippen molar-refractivity contribution >= 4 is 0 Å². The molecule has 0 radical (unpaired) electrons. The third-order valence-corrected chi connectivity index (χ3v) is 4.62. The van der Waals surface area contributed by atoms with Crippen molar-refractivity contribution in [1.29, 1.82) is 0 Å². The third kappa shape index (κ3) is 3.83. The topological polar surface area (TPSA) is 21.3 Å². The van der Waals surface area contributed by atoms with Crippen LogP contribution in [-0.2, 0) is 4.74 Å². The molecule has 1 N–H and O–H groups in total. The molecule has 0 aromatic heterocycles. The predicted octanol–water partition coefficient (Wildman–Crippen LogP) is 4.18. The summed E-state index contributed by atoms with van der Waals surface area (Å²) in [5, 5.41) is 3.55. The van der Waals surface area contributed by atoms with Crippen LogP contribution in [0.25, 0.3) is 0 Å². The van der Waals surface area contributed by atoms with Crippen molar-refractivity contribution < 1.29 is 4.74 Å². The first kappa shape index (κ1) is 15.5. The van der Waals surface area contributed by atoms with Crippen molar-refractivity contribution in [1.82, 2.24) is 5.32 Å². The molecule has 1 aliphatic rings. The van der Waals surface area contributed by atoms with Crippen LogP contribution in [0.15, 0.2) is 30.3 Å². The summed E-state index contributed by atoms with van der Waals surface area (Å²) >= 11 is 0. The van der Waals surface area contributed by atoms with Gasteiger partial charge in [0.2, 0.25) is 0 Å². The van der Waals surface area contributed by atoms with Gasteiger partial charge in [-0.25, -0.2) is 0 Å². The molecule has 1 fully saturated rings. The van der Waals surface area contributed by atoms with E-state index < -0.39 is 0 Å². The molecule has 2 nitrogen and oxygen atoms in total. The summed E-state index contributed by atoms with van der Waals surface area (Å²) in [5.41, 5.74) is 1.30. The minimum absolute atomic E-state index is 0.168. The first-order valence-corrected chi connectivity index (χ1v) is 8.10. The molecule has 1 aliphatic carbocycles. The molecule has 0 bridgehead atoms. The van der Waals surface area contributed by atoms with E-state index in [1.807, 2.05) is 0 Å². The summed E-state index contributed by atoms with van der Waals surface area (Å²) < 4.78 is 6.11. The van der Waals surface area contributed by atoms with E-state index >= 15 is 0 Å². The Bertz CT molecular complexity index is 378. The van der Waals surface area contributed by atoms with Crippen molar-refractivity contribution in [3.05, 3.63) is 35.9 Å². The minimum atomic E-state index is 0.168. The normalized spacial score (nSPS) is 26.1. The largest absolute Gasteiger partial charge is 0.372 e. The molecule has 2 heteroatoms. The number of hydrogen-bond donors (Lipinski definition) is 1. The molecule has 1 aromatic carbocycles. The van der Waals surface area contributed by atoms with Gasteiger partial charge in [0.1, 0.15) is 0 Å². The van der Waals surface area contributed by atoms with Crippen molar-refractivity contribution in [2.75, 3.05) is 13.7 Å². The second-order valence-corrected chi connectivity index (χ2v) is 6.13. The highest BCUT2D eigenvalue weighted by Crippen LogP contribution is 2.36. The van der Waals surface area contributed by atoms with Gasteiger partial charge in [0.05, 0.1) is 6.10 Å². The number of nitrogens with one attached hydrogen (secondary N) is 1. The van der Waals surface area contributed by atoms with Crippen LogP contribution in [0.5, 0.6) is 0 Å². The maximum Gasteiger partial charge on any atom is 0.0980 e. The maximum atomic E-state index is 6.11. The van der Waals surface area contributed by atoms with E-state index in [2.05, 4.69) is 56.5 Å². The van der Waals surface area contributed by atoms with Gasteiger partial charge in [-0.3, -0.25) is 0 Å². The van der Waals surface area contributed by atoms with Crippen molar-refractivity contribution in [3.63, 3.8) is 0 Å². The summed E-state index contributed by atoms with van der Waals surface area (Å²) in [4.78, 5) is 0. The Hall–Kier alpha value is -0.860. The Balaban J connectivity index is 2.16. The zero-order valence-electron chi connectivity index (χ0n) is 13.1. The van der Waals surface area contributed by atoms with E-state index in [1.54, 1.807) is 0 Å². The van der Waals surface area contributed by atoms with E-state index in [-0.39, 0.29) is 6.10 Å². The second-order valence-electron chi connectivity index (χ2n) is 6.13. The SMILES string of the molecule is CCOC(c1ccccc1)C(NC)C1CCCC(C)C1. The van der Waals surface area contributed by atoms with Crippen LogP contribution in [0.4, 0.5) is 0 Å². The Morgan fingerprint density at radius 2 is 2.00 bits per heavy atom. The molecule has 112 valence electrons. The summed E-state index contributed by atoms with van der Waals surface area (Å²) in [6, 6.07) is 11.1. The van der Waals surface area contributed by atoms with Gasteiger partial charge in [-0.2, -0.15) is 0 Å². The summed E-state index contributed by atoms with van der Waals surface area (Å²) in [6.45, 7) is 5.24. The Morgan fingerprint density at radius 3 is 2.60 bits per heavy atom. The van der Waals surface area contributed by atoms with E-state index in [4.69, 9.17) is 4.74 Å². The van der Waals surface area contributed by atoms with Crippen LogP contribution in [0.2, 0.25) is 0 Å². The molecule has 0 amide bonds.